The van der Waals surface area contributed by atoms with Gasteiger partial charge in [0.15, 0.2) is 0 Å². The number of nitrogens with one attached hydrogen (secondary N) is 1. The monoisotopic (exact) mass is 715 g/mol. The molecule has 4 rings (SSSR count). The van der Waals surface area contributed by atoms with Crippen molar-refractivity contribution >= 4 is 62.3 Å². The van der Waals surface area contributed by atoms with Crippen molar-refractivity contribution in [2.24, 2.45) is 0 Å². The Kier molecular flexibility index (Phi) is 11.8. The van der Waals surface area contributed by atoms with Crippen molar-refractivity contribution in [3.05, 3.63) is 123 Å². The van der Waals surface area contributed by atoms with E-state index in [1.54, 1.807) is 18.2 Å². The van der Waals surface area contributed by atoms with Crippen LogP contribution in [0, 0.1) is 0 Å². The molecule has 4 aromatic carbocycles. The fourth-order valence-corrected chi connectivity index (χ4v) is 6.86. The van der Waals surface area contributed by atoms with Gasteiger partial charge in [0.05, 0.1) is 17.7 Å². The minimum absolute atomic E-state index is 0.0559. The average Bonchev–Trinajstić information content (AvgIpc) is 3.02. The van der Waals surface area contributed by atoms with E-state index < -0.39 is 40.0 Å². The van der Waals surface area contributed by atoms with Crippen molar-refractivity contribution in [2.45, 2.75) is 50.2 Å². The van der Waals surface area contributed by atoms with Crippen LogP contribution in [0.2, 0.25) is 15.1 Å². The lowest BCUT2D eigenvalue weighted by atomic mass is 10.0. The van der Waals surface area contributed by atoms with Gasteiger partial charge < -0.3 is 15.0 Å². The molecule has 0 aromatic heterocycles. The van der Waals surface area contributed by atoms with Crippen molar-refractivity contribution < 1.29 is 22.7 Å². The Bertz CT molecular complexity index is 1800. The van der Waals surface area contributed by atoms with Crippen molar-refractivity contribution in [3.63, 3.8) is 0 Å². The number of amides is 2. The molecule has 1 N–H and O–H groups in total. The number of rotatable bonds is 12. The van der Waals surface area contributed by atoms with Gasteiger partial charge in [-0.3, -0.25) is 13.9 Å². The number of benzene rings is 4. The van der Waals surface area contributed by atoms with Crippen molar-refractivity contribution in [1.29, 1.82) is 0 Å². The second kappa shape index (κ2) is 15.4. The van der Waals surface area contributed by atoms with Crippen LogP contribution in [0.25, 0.3) is 0 Å². The van der Waals surface area contributed by atoms with Crippen LogP contribution in [0.5, 0.6) is 5.75 Å². The van der Waals surface area contributed by atoms with Gasteiger partial charge in [0.25, 0.3) is 10.0 Å². The highest BCUT2D eigenvalue weighted by molar-refractivity contribution is 7.92. The molecule has 4 aromatic rings. The molecule has 248 valence electrons. The number of carbonyl (C=O) groups excluding carboxylic acids is 2. The Morgan fingerprint density at radius 2 is 1.47 bits per heavy atom. The molecule has 2 amide bonds. The maximum absolute atomic E-state index is 14.6. The summed E-state index contributed by atoms with van der Waals surface area (Å²) in [6.07, 6.45) is 0.159. The van der Waals surface area contributed by atoms with Crippen LogP contribution in [0.4, 0.5) is 5.69 Å². The molecular formula is C35H36Cl3N3O5S. The van der Waals surface area contributed by atoms with Crippen molar-refractivity contribution in [1.82, 2.24) is 10.2 Å². The Balaban J connectivity index is 1.83. The van der Waals surface area contributed by atoms with E-state index in [0.717, 1.165) is 9.87 Å². The number of sulfonamides is 1. The van der Waals surface area contributed by atoms with E-state index in [2.05, 4.69) is 5.32 Å². The maximum Gasteiger partial charge on any atom is 0.264 e. The molecule has 0 aliphatic carbocycles. The summed E-state index contributed by atoms with van der Waals surface area (Å²) in [5.74, 6) is -0.568. The molecule has 47 heavy (non-hydrogen) atoms. The van der Waals surface area contributed by atoms with Gasteiger partial charge in [-0.05, 0) is 92.6 Å². The van der Waals surface area contributed by atoms with Crippen LogP contribution in [0.3, 0.4) is 0 Å². The molecule has 0 fully saturated rings. The van der Waals surface area contributed by atoms with Gasteiger partial charge in [0, 0.05) is 33.6 Å². The summed E-state index contributed by atoms with van der Waals surface area (Å²) in [6.45, 7) is 4.80. The fourth-order valence-electron chi connectivity index (χ4n) is 4.85. The predicted octanol–water partition coefficient (Wildman–Crippen LogP) is 7.41. The molecule has 0 unspecified atom stereocenters. The number of carbonyl (C=O) groups is 2. The van der Waals surface area contributed by atoms with Gasteiger partial charge in [0.1, 0.15) is 18.3 Å². The number of nitrogens with zero attached hydrogens (tertiary/aromatic N) is 2. The summed E-state index contributed by atoms with van der Waals surface area (Å²) >= 11 is 18.9. The third kappa shape index (κ3) is 9.64. The molecule has 0 bridgehead atoms. The van der Waals surface area contributed by atoms with Crippen LogP contribution < -0.4 is 14.4 Å². The molecule has 0 spiro atoms. The summed E-state index contributed by atoms with van der Waals surface area (Å²) in [5.41, 5.74) is 0.928. The Labute approximate surface area is 291 Å². The Morgan fingerprint density at radius 3 is 2.04 bits per heavy atom. The van der Waals surface area contributed by atoms with Crippen LogP contribution in [0.1, 0.15) is 31.9 Å². The van der Waals surface area contributed by atoms with Gasteiger partial charge in [-0.15, -0.1) is 0 Å². The summed E-state index contributed by atoms with van der Waals surface area (Å²) in [6, 6.07) is 25.1. The largest absolute Gasteiger partial charge is 0.497 e. The zero-order chi connectivity index (χ0) is 34.4. The highest BCUT2D eigenvalue weighted by Crippen LogP contribution is 2.29. The van der Waals surface area contributed by atoms with Crippen LogP contribution >= 0.6 is 34.8 Å². The minimum atomic E-state index is -4.30. The normalized spacial score (nSPS) is 12.2. The molecule has 0 aliphatic rings. The quantitative estimate of drug-likeness (QED) is 0.165. The average molecular weight is 717 g/mol. The number of hydrogen-bond donors (Lipinski definition) is 1. The molecule has 0 saturated heterocycles. The van der Waals surface area contributed by atoms with Gasteiger partial charge in [-0.25, -0.2) is 8.42 Å². The lowest BCUT2D eigenvalue weighted by Gasteiger charge is -2.35. The summed E-state index contributed by atoms with van der Waals surface area (Å²) in [5, 5.41) is 4.09. The Hall–Kier alpha value is -3.76. The summed E-state index contributed by atoms with van der Waals surface area (Å²) in [7, 11) is -2.82. The molecule has 8 nitrogen and oxygen atoms in total. The second-order valence-corrected chi connectivity index (χ2v) is 15.0. The number of hydrogen-bond acceptors (Lipinski definition) is 5. The van der Waals surface area contributed by atoms with E-state index in [9.17, 15) is 18.0 Å². The van der Waals surface area contributed by atoms with Gasteiger partial charge >= 0.3 is 0 Å². The molecule has 0 radical (unpaired) electrons. The van der Waals surface area contributed by atoms with E-state index in [4.69, 9.17) is 39.5 Å². The van der Waals surface area contributed by atoms with Crippen LogP contribution in [-0.2, 0) is 32.6 Å². The molecule has 0 aliphatic heterocycles. The topological polar surface area (TPSA) is 96.0 Å². The Morgan fingerprint density at radius 1 is 0.851 bits per heavy atom. The van der Waals surface area contributed by atoms with E-state index in [1.165, 1.54) is 60.5 Å². The lowest BCUT2D eigenvalue weighted by Crippen LogP contribution is -2.56. The standard InChI is InChI=1S/C35H36Cl3N3O5S/c1-35(2,3)39-34(43)32(20-24-8-6-5-7-9-24)40(22-25-10-11-27(37)21-31(25)38)33(42)23-41(28-14-12-26(36)13-15-28)47(44,45)30-18-16-29(46-4)17-19-30/h5-19,21,32H,20,22-23H2,1-4H3,(H,39,43)/t32-/m0/s1. The molecule has 0 saturated carbocycles. The molecule has 1 atom stereocenters. The first-order valence-corrected chi connectivity index (χ1v) is 17.3. The third-order valence-electron chi connectivity index (χ3n) is 7.17. The van der Waals surface area contributed by atoms with Gasteiger partial charge in [-0.1, -0.05) is 71.2 Å². The minimum Gasteiger partial charge on any atom is -0.497 e. The fraction of sp³-hybridized carbons (Fsp3) is 0.257. The second-order valence-electron chi connectivity index (χ2n) is 11.9. The third-order valence-corrected chi connectivity index (χ3v) is 9.79. The molecule has 12 heteroatoms. The van der Waals surface area contributed by atoms with Crippen LogP contribution in [-0.4, -0.2) is 50.4 Å². The number of ether oxygens (including phenoxy) is 1. The summed E-state index contributed by atoms with van der Waals surface area (Å²) < 4.78 is 34.6. The smallest absolute Gasteiger partial charge is 0.264 e. The maximum atomic E-state index is 14.6. The van der Waals surface area contributed by atoms with Crippen molar-refractivity contribution in [2.75, 3.05) is 18.0 Å². The predicted molar refractivity (Wildman–Crippen MR) is 188 cm³/mol. The SMILES string of the molecule is COc1ccc(S(=O)(=O)N(CC(=O)N(Cc2ccc(Cl)cc2Cl)[C@@H](Cc2ccccc2)C(=O)NC(C)(C)C)c2ccc(Cl)cc2)cc1. The highest BCUT2D eigenvalue weighted by Gasteiger charge is 2.36. The zero-order valence-corrected chi connectivity index (χ0v) is 29.5. The van der Waals surface area contributed by atoms with Gasteiger partial charge in [0.2, 0.25) is 11.8 Å². The number of anilines is 1. The zero-order valence-electron chi connectivity index (χ0n) is 26.4. The van der Waals surface area contributed by atoms with Gasteiger partial charge in [-0.2, -0.15) is 0 Å². The van der Waals surface area contributed by atoms with E-state index in [-0.39, 0.29) is 23.5 Å². The number of halogens is 3. The highest BCUT2D eigenvalue weighted by atomic mass is 35.5. The van der Waals surface area contributed by atoms with E-state index >= 15 is 0 Å². The van der Waals surface area contributed by atoms with E-state index in [1.807, 2.05) is 51.1 Å². The first kappa shape index (κ1) is 36.1. The lowest BCUT2D eigenvalue weighted by molar-refractivity contribution is -0.140. The molecule has 0 heterocycles. The number of methoxy groups -OCH3 is 1. The molecular weight excluding hydrogens is 681 g/mol. The first-order chi connectivity index (χ1) is 22.2. The first-order valence-electron chi connectivity index (χ1n) is 14.7. The van der Waals surface area contributed by atoms with E-state index in [0.29, 0.717) is 26.4 Å². The van der Waals surface area contributed by atoms with Crippen molar-refractivity contribution in [3.8, 4) is 5.75 Å². The van der Waals surface area contributed by atoms with Crippen LogP contribution in [0.15, 0.2) is 102 Å². The summed E-state index contributed by atoms with van der Waals surface area (Å²) in [4.78, 5) is 29.9.